The Hall–Kier alpha value is -1.84. The summed E-state index contributed by atoms with van der Waals surface area (Å²) >= 11 is 4.59. The number of anilines is 1. The molecule has 150 valence electrons. The Balaban J connectivity index is 1.57. The molecule has 0 aliphatic heterocycles. The number of benzene rings is 1. The lowest BCUT2D eigenvalue weighted by molar-refractivity contribution is -0.122. The highest BCUT2D eigenvalue weighted by molar-refractivity contribution is 9.10. The molecule has 1 aliphatic carbocycles. The number of halogens is 1. The smallest absolute Gasteiger partial charge is 0.240 e. The molecule has 3 N–H and O–H groups in total. The van der Waals surface area contributed by atoms with E-state index in [4.69, 9.17) is 0 Å². The molecule has 2 aromatic rings. The fourth-order valence-electron chi connectivity index (χ4n) is 3.15. The molecule has 0 spiro atoms. The molecule has 3 rings (SSSR count). The lowest BCUT2D eigenvalue weighted by Gasteiger charge is -2.14. The van der Waals surface area contributed by atoms with Gasteiger partial charge in [-0.15, -0.1) is 0 Å². The maximum absolute atomic E-state index is 12.4. The fraction of sp³-hybridized carbons (Fsp3) is 0.421. The second-order valence-corrected chi connectivity index (χ2v) is 8.53. The first-order valence-corrected chi connectivity index (χ1v) is 11.0. The monoisotopic (exact) mass is 466 g/mol. The number of aromatic nitrogens is 2. The van der Waals surface area contributed by atoms with Crippen LogP contribution in [0.25, 0.3) is 0 Å². The maximum Gasteiger partial charge on any atom is 0.240 e. The van der Waals surface area contributed by atoms with Crippen molar-refractivity contribution < 1.29 is 14.7 Å². The van der Waals surface area contributed by atoms with Crippen molar-refractivity contribution in [3.05, 3.63) is 40.6 Å². The van der Waals surface area contributed by atoms with Gasteiger partial charge in [0.1, 0.15) is 6.54 Å². The summed E-state index contributed by atoms with van der Waals surface area (Å²) in [7, 11) is 0. The quantitative estimate of drug-likeness (QED) is 0.519. The number of nitrogens with zero attached hydrogens (tertiary/aromatic N) is 2. The van der Waals surface area contributed by atoms with Gasteiger partial charge in [-0.25, -0.2) is 4.98 Å². The Morgan fingerprint density at radius 3 is 2.61 bits per heavy atom. The number of rotatable bonds is 8. The summed E-state index contributed by atoms with van der Waals surface area (Å²) in [6.07, 6.45) is 5.86. The van der Waals surface area contributed by atoms with E-state index in [1.165, 1.54) is 18.0 Å². The zero-order valence-corrected chi connectivity index (χ0v) is 17.8. The fourth-order valence-corrected chi connectivity index (χ4v) is 4.21. The average molecular weight is 467 g/mol. The molecule has 1 fully saturated rings. The van der Waals surface area contributed by atoms with Crippen LogP contribution in [-0.2, 0) is 22.7 Å². The Kier molecular flexibility index (Phi) is 7.52. The summed E-state index contributed by atoms with van der Waals surface area (Å²) in [6.45, 7) is -0.127. The van der Waals surface area contributed by atoms with Crippen molar-refractivity contribution in [3.8, 4) is 0 Å². The molecule has 0 radical (unpaired) electrons. The van der Waals surface area contributed by atoms with E-state index in [1.54, 1.807) is 4.57 Å². The highest BCUT2D eigenvalue weighted by atomic mass is 79.9. The first-order chi connectivity index (χ1) is 13.5. The molecule has 28 heavy (non-hydrogen) atoms. The summed E-state index contributed by atoms with van der Waals surface area (Å²) < 4.78 is 2.61. The van der Waals surface area contributed by atoms with Crippen LogP contribution in [0.15, 0.2) is 40.1 Å². The third-order valence-electron chi connectivity index (χ3n) is 4.55. The van der Waals surface area contributed by atoms with Crippen molar-refractivity contribution in [2.45, 2.75) is 50.0 Å². The Morgan fingerprint density at radius 1 is 1.21 bits per heavy atom. The van der Waals surface area contributed by atoms with E-state index >= 15 is 0 Å². The van der Waals surface area contributed by atoms with Crippen LogP contribution >= 0.6 is 27.7 Å². The van der Waals surface area contributed by atoms with Gasteiger partial charge in [-0.3, -0.25) is 9.59 Å². The number of hydrogen-bond acceptors (Lipinski definition) is 5. The first-order valence-electron chi connectivity index (χ1n) is 9.18. The van der Waals surface area contributed by atoms with Gasteiger partial charge in [-0.1, -0.05) is 40.5 Å². The van der Waals surface area contributed by atoms with E-state index in [0.29, 0.717) is 16.5 Å². The number of nitrogens with one attached hydrogen (secondary N) is 2. The van der Waals surface area contributed by atoms with Gasteiger partial charge >= 0.3 is 0 Å². The molecule has 1 aromatic heterocycles. The molecular formula is C19H23BrN4O3S. The second kappa shape index (κ2) is 10.1. The van der Waals surface area contributed by atoms with Gasteiger partial charge in [-0.05, 0) is 37.1 Å². The van der Waals surface area contributed by atoms with Crippen molar-refractivity contribution in [3.63, 3.8) is 0 Å². The molecule has 0 bridgehead atoms. The number of imidazole rings is 1. The molecular weight excluding hydrogens is 444 g/mol. The zero-order valence-electron chi connectivity index (χ0n) is 15.4. The predicted molar refractivity (Wildman–Crippen MR) is 112 cm³/mol. The summed E-state index contributed by atoms with van der Waals surface area (Å²) in [4.78, 5) is 28.8. The van der Waals surface area contributed by atoms with Crippen molar-refractivity contribution >= 4 is 45.2 Å². The van der Waals surface area contributed by atoms with Gasteiger partial charge in [0.2, 0.25) is 11.8 Å². The minimum absolute atomic E-state index is 0.0864. The second-order valence-electron chi connectivity index (χ2n) is 6.67. The number of aliphatic hydroxyl groups is 1. The number of amides is 2. The van der Waals surface area contributed by atoms with Crippen molar-refractivity contribution in [1.82, 2.24) is 14.9 Å². The number of hydrogen-bond donors (Lipinski definition) is 3. The molecule has 1 heterocycles. The molecule has 0 unspecified atom stereocenters. The van der Waals surface area contributed by atoms with Crippen molar-refractivity contribution in [2.75, 3.05) is 11.1 Å². The van der Waals surface area contributed by atoms with E-state index < -0.39 is 0 Å². The molecule has 1 aliphatic rings. The molecule has 0 saturated heterocycles. The number of aliphatic hydroxyl groups excluding tert-OH is 1. The Morgan fingerprint density at radius 2 is 1.93 bits per heavy atom. The van der Waals surface area contributed by atoms with Crippen LogP contribution in [0.5, 0.6) is 0 Å². The van der Waals surface area contributed by atoms with Crippen LogP contribution in [0, 0.1) is 0 Å². The van der Waals surface area contributed by atoms with Crippen LogP contribution in [0.3, 0.4) is 0 Å². The summed E-state index contributed by atoms with van der Waals surface area (Å²) in [6, 6.07) is 7.56. The number of thioether (sulfide) groups is 1. The minimum atomic E-state index is -0.213. The van der Waals surface area contributed by atoms with Gasteiger partial charge in [0.15, 0.2) is 5.16 Å². The highest BCUT2D eigenvalue weighted by Gasteiger charge is 2.19. The molecule has 0 atom stereocenters. The molecule has 9 heteroatoms. The zero-order chi connectivity index (χ0) is 19.9. The summed E-state index contributed by atoms with van der Waals surface area (Å²) in [5, 5.41) is 15.9. The van der Waals surface area contributed by atoms with Gasteiger partial charge in [0.25, 0.3) is 0 Å². The van der Waals surface area contributed by atoms with E-state index in [1.807, 2.05) is 24.3 Å². The van der Waals surface area contributed by atoms with Crippen molar-refractivity contribution in [1.29, 1.82) is 0 Å². The summed E-state index contributed by atoms with van der Waals surface area (Å²) in [5.41, 5.74) is 1.27. The third-order valence-corrected chi connectivity index (χ3v) is 6.07. The van der Waals surface area contributed by atoms with Gasteiger partial charge < -0.3 is 20.3 Å². The van der Waals surface area contributed by atoms with E-state index in [-0.39, 0.29) is 36.8 Å². The number of carbonyl (C=O) groups is 2. The van der Waals surface area contributed by atoms with Crippen LogP contribution < -0.4 is 10.6 Å². The first kappa shape index (κ1) is 20.9. The van der Waals surface area contributed by atoms with Crippen LogP contribution in [0.4, 0.5) is 5.69 Å². The topological polar surface area (TPSA) is 96.2 Å². The minimum Gasteiger partial charge on any atom is -0.390 e. The summed E-state index contributed by atoms with van der Waals surface area (Å²) in [5.74, 6) is -0.106. The Bertz CT molecular complexity index is 819. The molecule has 2 amide bonds. The van der Waals surface area contributed by atoms with Gasteiger partial charge in [-0.2, -0.15) is 0 Å². The van der Waals surface area contributed by atoms with Crippen LogP contribution in [0.1, 0.15) is 31.4 Å². The number of carbonyl (C=O) groups excluding carboxylic acids is 2. The third kappa shape index (κ3) is 5.83. The lowest BCUT2D eigenvalue weighted by atomic mass is 10.2. The maximum atomic E-state index is 12.4. The average Bonchev–Trinajstić information content (AvgIpc) is 3.31. The normalized spacial score (nSPS) is 14.2. The van der Waals surface area contributed by atoms with E-state index in [9.17, 15) is 14.7 Å². The van der Waals surface area contributed by atoms with Crippen LogP contribution in [-0.4, -0.2) is 38.3 Å². The molecule has 1 saturated carbocycles. The lowest BCUT2D eigenvalue weighted by Crippen LogP contribution is -2.35. The molecule has 7 nitrogen and oxygen atoms in total. The van der Waals surface area contributed by atoms with E-state index in [0.717, 1.165) is 30.2 Å². The van der Waals surface area contributed by atoms with Gasteiger partial charge in [0.05, 0.1) is 24.3 Å². The van der Waals surface area contributed by atoms with Crippen LogP contribution in [0.2, 0.25) is 0 Å². The predicted octanol–water partition coefficient (Wildman–Crippen LogP) is 2.93. The molecule has 1 aromatic carbocycles. The van der Waals surface area contributed by atoms with Crippen molar-refractivity contribution in [2.24, 2.45) is 0 Å². The SMILES string of the molecule is O=C(CSc1ncc(CO)n1CC(=O)NC1CCCC1)Nc1ccc(Br)cc1. The standard InChI is InChI=1S/C19H23BrN4O3S/c20-13-5-7-15(8-6-13)23-18(27)12-28-19-21-9-16(11-25)24(19)10-17(26)22-14-3-1-2-4-14/h5-9,14,25H,1-4,10-12H2,(H,22,26)(H,23,27). The highest BCUT2D eigenvalue weighted by Crippen LogP contribution is 2.21. The Labute approximate surface area is 176 Å². The largest absolute Gasteiger partial charge is 0.390 e. The van der Waals surface area contributed by atoms with Gasteiger partial charge in [0, 0.05) is 16.2 Å². The van der Waals surface area contributed by atoms with E-state index in [2.05, 4.69) is 31.5 Å².